The van der Waals surface area contributed by atoms with E-state index in [1.54, 1.807) is 19.1 Å². The van der Waals surface area contributed by atoms with Gasteiger partial charge in [-0.1, -0.05) is 17.7 Å². The van der Waals surface area contributed by atoms with E-state index < -0.39 is 0 Å². The Hall–Kier alpha value is -1.88. The molecule has 0 aliphatic carbocycles. The molecule has 0 heterocycles. The van der Waals surface area contributed by atoms with E-state index >= 15 is 0 Å². The van der Waals surface area contributed by atoms with Crippen LogP contribution in [-0.2, 0) is 9.53 Å². The Bertz CT molecular complexity index is 459. The third kappa shape index (κ3) is 5.01. The van der Waals surface area contributed by atoms with Crippen LogP contribution >= 0.6 is 0 Å². The van der Waals surface area contributed by atoms with Gasteiger partial charge in [0, 0.05) is 18.7 Å². The third-order valence-electron chi connectivity index (χ3n) is 2.81. The lowest BCUT2D eigenvalue weighted by Gasteiger charge is -2.21. The summed E-state index contributed by atoms with van der Waals surface area (Å²) in [6.45, 7) is 4.27. The molecular weight excluding hydrogens is 258 g/mol. The van der Waals surface area contributed by atoms with E-state index in [9.17, 15) is 9.59 Å². The topological polar surface area (TPSA) is 66.8 Å². The van der Waals surface area contributed by atoms with Crippen LogP contribution in [0.1, 0.15) is 29.3 Å². The van der Waals surface area contributed by atoms with Gasteiger partial charge in [0.15, 0.2) is 0 Å². The molecule has 1 rings (SSSR count). The molecule has 110 valence electrons. The average molecular weight is 279 g/mol. The molecule has 0 atom stereocenters. The van der Waals surface area contributed by atoms with Crippen molar-refractivity contribution in [2.45, 2.75) is 20.3 Å². The van der Waals surface area contributed by atoms with Crippen molar-refractivity contribution in [3.63, 3.8) is 0 Å². The predicted octanol–water partition coefficient (Wildman–Crippen LogP) is 1.38. The summed E-state index contributed by atoms with van der Waals surface area (Å²) in [4.78, 5) is 25.1. The van der Waals surface area contributed by atoms with Gasteiger partial charge in [0.25, 0.3) is 5.91 Å². The Kier molecular flexibility index (Phi) is 6.73. The van der Waals surface area contributed by atoms with Crippen molar-refractivity contribution in [1.82, 2.24) is 4.90 Å². The molecule has 0 aromatic heterocycles. The maximum atomic E-state index is 12.3. The number of rotatable bonds is 7. The number of carbonyl (C=O) groups is 2. The first-order valence-corrected chi connectivity index (χ1v) is 6.71. The second-order valence-electron chi connectivity index (χ2n) is 4.44. The van der Waals surface area contributed by atoms with Crippen LogP contribution in [0.3, 0.4) is 0 Å². The summed E-state index contributed by atoms with van der Waals surface area (Å²) in [6, 6.07) is 7.23. The van der Waals surface area contributed by atoms with Gasteiger partial charge < -0.3 is 14.7 Å². The Morgan fingerprint density at radius 3 is 2.65 bits per heavy atom. The summed E-state index contributed by atoms with van der Waals surface area (Å²) in [6.07, 6.45) is 0.130. The van der Waals surface area contributed by atoms with Crippen LogP contribution in [-0.4, -0.2) is 48.2 Å². The summed E-state index contributed by atoms with van der Waals surface area (Å²) >= 11 is 0. The highest BCUT2D eigenvalue weighted by Gasteiger charge is 2.16. The van der Waals surface area contributed by atoms with Crippen LogP contribution < -0.4 is 0 Å². The van der Waals surface area contributed by atoms with E-state index in [4.69, 9.17) is 9.84 Å². The molecule has 0 saturated carbocycles. The molecule has 0 saturated heterocycles. The average Bonchev–Trinajstić information content (AvgIpc) is 2.43. The fraction of sp³-hybridized carbons (Fsp3) is 0.467. The van der Waals surface area contributed by atoms with Gasteiger partial charge in [0.05, 0.1) is 19.6 Å². The summed E-state index contributed by atoms with van der Waals surface area (Å²) in [5.74, 6) is -0.528. The van der Waals surface area contributed by atoms with Crippen molar-refractivity contribution in [3.8, 4) is 0 Å². The first-order valence-electron chi connectivity index (χ1n) is 6.71. The maximum absolute atomic E-state index is 12.3. The van der Waals surface area contributed by atoms with Gasteiger partial charge in [-0.05, 0) is 26.0 Å². The molecular formula is C15H21NO4. The molecule has 5 heteroatoms. The van der Waals surface area contributed by atoms with Crippen LogP contribution in [0.5, 0.6) is 0 Å². The van der Waals surface area contributed by atoms with Crippen molar-refractivity contribution >= 4 is 11.9 Å². The monoisotopic (exact) mass is 279 g/mol. The van der Waals surface area contributed by atoms with Gasteiger partial charge in [-0.15, -0.1) is 0 Å². The highest BCUT2D eigenvalue weighted by atomic mass is 16.5. The Morgan fingerprint density at radius 2 is 2.05 bits per heavy atom. The number of nitrogens with zero attached hydrogens (tertiary/aromatic N) is 1. The van der Waals surface area contributed by atoms with Gasteiger partial charge in [0.2, 0.25) is 0 Å². The zero-order valence-corrected chi connectivity index (χ0v) is 12.0. The normalized spacial score (nSPS) is 10.2. The van der Waals surface area contributed by atoms with Crippen molar-refractivity contribution in [2.24, 2.45) is 0 Å². The largest absolute Gasteiger partial charge is 0.466 e. The van der Waals surface area contributed by atoms with E-state index in [0.29, 0.717) is 12.2 Å². The van der Waals surface area contributed by atoms with Gasteiger partial charge in [-0.2, -0.15) is 0 Å². The lowest BCUT2D eigenvalue weighted by molar-refractivity contribution is -0.143. The quantitative estimate of drug-likeness (QED) is 0.766. The second kappa shape index (κ2) is 8.32. The Morgan fingerprint density at radius 1 is 1.30 bits per heavy atom. The zero-order valence-electron chi connectivity index (χ0n) is 12.0. The first-order chi connectivity index (χ1) is 9.58. The smallest absolute Gasteiger partial charge is 0.307 e. The van der Waals surface area contributed by atoms with Crippen LogP contribution in [0.15, 0.2) is 24.3 Å². The molecule has 1 N–H and O–H groups in total. The standard InChI is InChI=1S/C15H21NO4/c1-3-20-14(18)7-8-16(9-10-17)15(19)13-6-4-5-12(2)11-13/h4-6,11,17H,3,7-10H2,1-2H3. The van der Waals surface area contributed by atoms with Crippen molar-refractivity contribution in [2.75, 3.05) is 26.3 Å². The number of aliphatic hydroxyl groups excluding tert-OH is 1. The number of amides is 1. The lowest BCUT2D eigenvalue weighted by atomic mass is 10.1. The number of hydrogen-bond acceptors (Lipinski definition) is 4. The molecule has 0 unspecified atom stereocenters. The minimum atomic E-state index is -0.340. The highest BCUT2D eigenvalue weighted by molar-refractivity contribution is 5.94. The Labute approximate surface area is 119 Å². The minimum absolute atomic E-state index is 0.130. The van der Waals surface area contributed by atoms with E-state index in [1.807, 2.05) is 19.1 Å². The highest BCUT2D eigenvalue weighted by Crippen LogP contribution is 2.08. The maximum Gasteiger partial charge on any atom is 0.307 e. The second-order valence-corrected chi connectivity index (χ2v) is 4.44. The lowest BCUT2D eigenvalue weighted by Crippen LogP contribution is -2.35. The van der Waals surface area contributed by atoms with Crippen molar-refractivity contribution < 1.29 is 19.4 Å². The van der Waals surface area contributed by atoms with E-state index in [1.165, 1.54) is 4.90 Å². The van der Waals surface area contributed by atoms with Crippen molar-refractivity contribution in [3.05, 3.63) is 35.4 Å². The molecule has 0 aliphatic heterocycles. The third-order valence-corrected chi connectivity index (χ3v) is 2.81. The summed E-state index contributed by atoms with van der Waals surface area (Å²) < 4.78 is 4.84. The molecule has 1 aromatic rings. The molecule has 5 nitrogen and oxygen atoms in total. The number of benzene rings is 1. The molecule has 0 fully saturated rings. The van der Waals surface area contributed by atoms with Gasteiger partial charge in [-0.25, -0.2) is 0 Å². The van der Waals surface area contributed by atoms with E-state index in [-0.39, 0.29) is 38.0 Å². The molecule has 0 radical (unpaired) electrons. The molecule has 0 aliphatic rings. The summed E-state index contributed by atoms with van der Waals surface area (Å²) in [7, 11) is 0. The number of aryl methyl sites for hydroxylation is 1. The molecule has 0 bridgehead atoms. The number of aliphatic hydroxyl groups is 1. The van der Waals surface area contributed by atoms with Crippen LogP contribution in [0.4, 0.5) is 0 Å². The Balaban J connectivity index is 2.69. The van der Waals surface area contributed by atoms with E-state index in [0.717, 1.165) is 5.56 Å². The van der Waals surface area contributed by atoms with Gasteiger partial charge in [0.1, 0.15) is 0 Å². The number of hydrogen-bond donors (Lipinski definition) is 1. The molecule has 20 heavy (non-hydrogen) atoms. The van der Waals surface area contributed by atoms with Gasteiger partial charge >= 0.3 is 5.97 Å². The molecule has 0 spiro atoms. The number of esters is 1. The van der Waals surface area contributed by atoms with Crippen LogP contribution in [0.2, 0.25) is 0 Å². The number of carbonyl (C=O) groups excluding carboxylic acids is 2. The zero-order chi connectivity index (χ0) is 15.0. The van der Waals surface area contributed by atoms with E-state index in [2.05, 4.69) is 0 Å². The summed E-state index contributed by atoms with van der Waals surface area (Å²) in [5, 5.41) is 9.05. The van der Waals surface area contributed by atoms with Gasteiger partial charge in [-0.3, -0.25) is 9.59 Å². The predicted molar refractivity (Wildman–Crippen MR) is 75.4 cm³/mol. The SMILES string of the molecule is CCOC(=O)CCN(CCO)C(=O)c1cccc(C)c1. The first kappa shape index (κ1) is 16.2. The fourth-order valence-electron chi connectivity index (χ4n) is 1.86. The minimum Gasteiger partial charge on any atom is -0.466 e. The van der Waals surface area contributed by atoms with Crippen LogP contribution in [0, 0.1) is 6.92 Å². The molecule has 1 aromatic carbocycles. The summed E-state index contributed by atoms with van der Waals surface area (Å²) in [5.41, 5.74) is 1.55. The number of ether oxygens (including phenoxy) is 1. The molecule has 1 amide bonds. The van der Waals surface area contributed by atoms with Crippen LogP contribution in [0.25, 0.3) is 0 Å². The fourth-order valence-corrected chi connectivity index (χ4v) is 1.86. The van der Waals surface area contributed by atoms with Crippen molar-refractivity contribution in [1.29, 1.82) is 0 Å².